The standard InChI is InChI=1S/C17H18FN3O4S/c18-13-1-3-15(4-2-13)26(22,23)21-11-17(12-21)9-14(5-8-24-17)25-16-10-19-6-7-20-16/h1-4,6-7,10,14H,5,8-9,11-12H2. The van der Waals surface area contributed by atoms with E-state index >= 15 is 0 Å². The molecule has 7 nitrogen and oxygen atoms in total. The average molecular weight is 379 g/mol. The number of hydrogen-bond acceptors (Lipinski definition) is 6. The van der Waals surface area contributed by atoms with E-state index < -0.39 is 21.4 Å². The molecule has 0 bridgehead atoms. The smallest absolute Gasteiger partial charge is 0.243 e. The van der Waals surface area contributed by atoms with E-state index in [9.17, 15) is 12.8 Å². The molecule has 1 unspecified atom stereocenters. The van der Waals surface area contributed by atoms with E-state index in [0.29, 0.717) is 25.3 Å². The Hall–Kier alpha value is -2.10. The maximum Gasteiger partial charge on any atom is 0.243 e. The Balaban J connectivity index is 1.41. The van der Waals surface area contributed by atoms with Crippen molar-refractivity contribution in [3.05, 3.63) is 48.7 Å². The zero-order valence-corrected chi connectivity index (χ0v) is 14.7. The minimum atomic E-state index is -3.65. The van der Waals surface area contributed by atoms with Crippen LogP contribution >= 0.6 is 0 Å². The number of sulfonamides is 1. The highest BCUT2D eigenvalue weighted by molar-refractivity contribution is 7.89. The molecule has 0 aliphatic carbocycles. The van der Waals surface area contributed by atoms with Gasteiger partial charge in [0.25, 0.3) is 0 Å². The highest BCUT2D eigenvalue weighted by Crippen LogP contribution is 2.38. The first-order valence-electron chi connectivity index (χ1n) is 8.29. The van der Waals surface area contributed by atoms with Gasteiger partial charge in [-0.3, -0.25) is 4.98 Å². The number of hydrogen-bond donors (Lipinski definition) is 0. The number of aromatic nitrogens is 2. The second kappa shape index (κ2) is 6.57. The molecular weight excluding hydrogens is 361 g/mol. The lowest BCUT2D eigenvalue weighted by Crippen LogP contribution is -2.67. The normalized spacial score (nSPS) is 22.7. The van der Waals surface area contributed by atoms with Crippen molar-refractivity contribution < 1.29 is 22.3 Å². The molecule has 138 valence electrons. The molecule has 3 heterocycles. The van der Waals surface area contributed by atoms with Crippen molar-refractivity contribution in [3.8, 4) is 5.88 Å². The molecule has 1 spiro atoms. The van der Waals surface area contributed by atoms with E-state index in [2.05, 4.69) is 9.97 Å². The summed E-state index contributed by atoms with van der Waals surface area (Å²) in [5.41, 5.74) is -0.543. The van der Waals surface area contributed by atoms with Crippen molar-refractivity contribution in [1.82, 2.24) is 14.3 Å². The molecule has 1 atom stereocenters. The Labute approximate surface area is 150 Å². The summed E-state index contributed by atoms with van der Waals surface area (Å²) < 4.78 is 51.3. The lowest BCUT2D eigenvalue weighted by atomic mass is 9.86. The maximum atomic E-state index is 13.0. The van der Waals surface area contributed by atoms with Gasteiger partial charge in [-0.25, -0.2) is 17.8 Å². The number of ether oxygens (including phenoxy) is 2. The van der Waals surface area contributed by atoms with Crippen LogP contribution in [0.5, 0.6) is 5.88 Å². The molecule has 2 saturated heterocycles. The number of rotatable bonds is 4. The van der Waals surface area contributed by atoms with Crippen LogP contribution in [-0.4, -0.2) is 54.1 Å². The topological polar surface area (TPSA) is 81.6 Å². The van der Waals surface area contributed by atoms with Gasteiger partial charge in [0.1, 0.15) is 11.9 Å². The fourth-order valence-electron chi connectivity index (χ4n) is 3.34. The van der Waals surface area contributed by atoms with Gasteiger partial charge in [0.2, 0.25) is 15.9 Å². The van der Waals surface area contributed by atoms with Gasteiger partial charge >= 0.3 is 0 Å². The second-order valence-electron chi connectivity index (χ2n) is 6.53. The van der Waals surface area contributed by atoms with Crippen LogP contribution in [0.2, 0.25) is 0 Å². The van der Waals surface area contributed by atoms with E-state index in [0.717, 1.165) is 12.1 Å². The third kappa shape index (κ3) is 3.29. The fourth-order valence-corrected chi connectivity index (χ4v) is 4.93. The predicted molar refractivity (Wildman–Crippen MR) is 89.5 cm³/mol. The van der Waals surface area contributed by atoms with Crippen LogP contribution in [0.4, 0.5) is 4.39 Å². The lowest BCUT2D eigenvalue weighted by Gasteiger charge is -2.51. The SMILES string of the molecule is O=S(=O)(c1ccc(F)cc1)N1CC2(CC(Oc3cnccn3)CCO2)C1. The van der Waals surface area contributed by atoms with Crippen molar-refractivity contribution in [2.45, 2.75) is 29.4 Å². The van der Waals surface area contributed by atoms with Gasteiger partial charge in [-0.05, 0) is 24.3 Å². The monoisotopic (exact) mass is 379 g/mol. The molecule has 0 amide bonds. The maximum absolute atomic E-state index is 13.0. The first-order valence-corrected chi connectivity index (χ1v) is 9.73. The third-order valence-electron chi connectivity index (χ3n) is 4.66. The molecular formula is C17H18FN3O4S. The van der Waals surface area contributed by atoms with Crippen LogP contribution in [0.15, 0.2) is 47.8 Å². The molecule has 4 rings (SSSR count). The molecule has 2 fully saturated rings. The zero-order valence-electron chi connectivity index (χ0n) is 13.9. The van der Waals surface area contributed by atoms with Crippen LogP contribution in [0.25, 0.3) is 0 Å². The van der Waals surface area contributed by atoms with Crippen LogP contribution in [0.1, 0.15) is 12.8 Å². The number of benzene rings is 1. The Morgan fingerprint density at radius 1 is 1.23 bits per heavy atom. The molecule has 9 heteroatoms. The van der Waals surface area contributed by atoms with Crippen LogP contribution in [0, 0.1) is 5.82 Å². The van der Waals surface area contributed by atoms with Crippen LogP contribution < -0.4 is 4.74 Å². The van der Waals surface area contributed by atoms with Crippen molar-refractivity contribution in [2.75, 3.05) is 19.7 Å². The first kappa shape index (κ1) is 17.3. The van der Waals surface area contributed by atoms with Crippen molar-refractivity contribution in [1.29, 1.82) is 0 Å². The van der Waals surface area contributed by atoms with Gasteiger partial charge in [0, 0.05) is 38.3 Å². The molecule has 2 aromatic rings. The van der Waals surface area contributed by atoms with Gasteiger partial charge in [-0.15, -0.1) is 0 Å². The van der Waals surface area contributed by atoms with E-state index in [4.69, 9.17) is 9.47 Å². The predicted octanol–water partition coefficient (Wildman–Crippen LogP) is 1.62. The summed E-state index contributed by atoms with van der Waals surface area (Å²) >= 11 is 0. The second-order valence-corrected chi connectivity index (χ2v) is 8.47. The quantitative estimate of drug-likeness (QED) is 0.803. The van der Waals surface area contributed by atoms with Gasteiger partial charge < -0.3 is 9.47 Å². The van der Waals surface area contributed by atoms with Crippen LogP contribution in [-0.2, 0) is 14.8 Å². The van der Waals surface area contributed by atoms with Crippen molar-refractivity contribution >= 4 is 10.0 Å². The summed E-state index contributed by atoms with van der Waals surface area (Å²) in [6.45, 7) is 1.01. The van der Waals surface area contributed by atoms with Crippen molar-refractivity contribution in [3.63, 3.8) is 0 Å². The molecule has 2 aliphatic heterocycles. The minimum Gasteiger partial charge on any atom is -0.473 e. The Bertz CT molecular complexity index is 871. The number of halogens is 1. The summed E-state index contributed by atoms with van der Waals surface area (Å²) in [6.07, 6.45) is 5.87. The average Bonchev–Trinajstić information content (AvgIpc) is 2.61. The molecule has 26 heavy (non-hydrogen) atoms. The molecule has 1 aromatic carbocycles. The highest BCUT2D eigenvalue weighted by atomic mass is 32.2. The van der Waals surface area contributed by atoms with Crippen molar-refractivity contribution in [2.24, 2.45) is 0 Å². The molecule has 1 aromatic heterocycles. The third-order valence-corrected chi connectivity index (χ3v) is 6.46. The zero-order chi connectivity index (χ0) is 18.2. The summed E-state index contributed by atoms with van der Waals surface area (Å²) in [6, 6.07) is 4.84. The van der Waals surface area contributed by atoms with Gasteiger partial charge in [0.15, 0.2) is 0 Å². The van der Waals surface area contributed by atoms with E-state index in [1.54, 1.807) is 18.6 Å². The summed E-state index contributed by atoms with van der Waals surface area (Å²) in [5.74, 6) is -0.0201. The first-order chi connectivity index (χ1) is 12.5. The Morgan fingerprint density at radius 2 is 2.00 bits per heavy atom. The molecule has 0 saturated carbocycles. The van der Waals surface area contributed by atoms with Gasteiger partial charge in [0.05, 0.1) is 23.3 Å². The molecule has 0 radical (unpaired) electrons. The highest BCUT2D eigenvalue weighted by Gasteiger charge is 2.52. The van der Waals surface area contributed by atoms with E-state index in [1.165, 1.54) is 16.4 Å². The lowest BCUT2D eigenvalue weighted by molar-refractivity contribution is -0.165. The van der Waals surface area contributed by atoms with E-state index in [-0.39, 0.29) is 24.1 Å². The molecule has 2 aliphatic rings. The van der Waals surface area contributed by atoms with Gasteiger partial charge in [-0.1, -0.05) is 0 Å². The summed E-state index contributed by atoms with van der Waals surface area (Å²) in [7, 11) is -3.65. The minimum absolute atomic E-state index is 0.0805. The Kier molecular flexibility index (Phi) is 4.37. The van der Waals surface area contributed by atoms with E-state index in [1.807, 2.05) is 0 Å². The Morgan fingerprint density at radius 3 is 2.69 bits per heavy atom. The summed E-state index contributed by atoms with van der Waals surface area (Å²) in [4.78, 5) is 8.16. The fraction of sp³-hybridized carbons (Fsp3) is 0.412. The molecule has 0 N–H and O–H groups in total. The van der Waals surface area contributed by atoms with Crippen LogP contribution in [0.3, 0.4) is 0 Å². The largest absolute Gasteiger partial charge is 0.473 e. The number of nitrogens with zero attached hydrogens (tertiary/aromatic N) is 3. The summed E-state index contributed by atoms with van der Waals surface area (Å²) in [5, 5.41) is 0. The van der Waals surface area contributed by atoms with Gasteiger partial charge in [-0.2, -0.15) is 4.31 Å².